The summed E-state index contributed by atoms with van der Waals surface area (Å²) in [6, 6.07) is 3.80. The van der Waals surface area contributed by atoms with Crippen molar-refractivity contribution in [1.82, 2.24) is 4.72 Å². The molecule has 1 atom stereocenters. The highest BCUT2D eigenvalue weighted by Crippen LogP contribution is 2.11. The van der Waals surface area contributed by atoms with E-state index in [1.165, 1.54) is 24.3 Å². The van der Waals surface area contributed by atoms with Gasteiger partial charge in [-0.15, -0.1) is 0 Å². The zero-order valence-corrected chi connectivity index (χ0v) is 10.7. The third kappa shape index (κ3) is 4.34. The molecule has 4 N–H and O–H groups in total. The lowest BCUT2D eigenvalue weighted by Crippen LogP contribution is -2.43. The van der Waals surface area contributed by atoms with Gasteiger partial charge in [0.1, 0.15) is 6.04 Å². The molecule has 0 radical (unpaired) electrons. The summed E-state index contributed by atoms with van der Waals surface area (Å²) in [5.41, 5.74) is 5.49. The molecule has 0 bridgehead atoms. The Bertz CT molecular complexity index is 600. The number of carboxylic acids is 1. The van der Waals surface area contributed by atoms with Crippen LogP contribution in [0.3, 0.4) is 0 Å². The van der Waals surface area contributed by atoms with Crippen molar-refractivity contribution in [3.05, 3.63) is 29.8 Å². The van der Waals surface area contributed by atoms with Crippen LogP contribution in [-0.4, -0.2) is 31.4 Å². The molecule has 0 aromatic heterocycles. The van der Waals surface area contributed by atoms with Crippen molar-refractivity contribution < 1.29 is 24.5 Å². The summed E-state index contributed by atoms with van der Waals surface area (Å²) in [6.07, 6.45) is -0.640. The van der Waals surface area contributed by atoms with E-state index in [1.54, 1.807) is 0 Å². The number of carbonyl (C=O) groups excluding carboxylic acids is 1. The minimum atomic E-state index is -4.07. The Hall–Kier alpha value is -1.93. The topological polar surface area (TPSA) is 127 Å². The molecule has 8 heteroatoms. The zero-order valence-electron chi connectivity index (χ0n) is 10.9. The quantitative estimate of drug-likeness (QED) is 0.656. The summed E-state index contributed by atoms with van der Waals surface area (Å²) in [7, 11) is -4.07. The fourth-order valence-electron chi connectivity index (χ4n) is 1.30. The number of aliphatic carboxylic acids is 1. The Morgan fingerprint density at radius 1 is 1.42 bits per heavy atom. The Kier molecular flexibility index (Phi) is 4.13. The van der Waals surface area contributed by atoms with Crippen LogP contribution in [0.4, 0.5) is 0 Å². The number of hydrogen-bond donors (Lipinski definition) is 3. The molecular weight excluding hydrogens is 272 g/mol. The molecule has 0 fully saturated rings. The number of aryl methyl sites for hydroxylation is 1. The van der Waals surface area contributed by atoms with E-state index in [0.717, 1.165) is 0 Å². The van der Waals surface area contributed by atoms with E-state index in [-0.39, 0.29) is 11.8 Å². The Morgan fingerprint density at radius 2 is 2.00 bits per heavy atom. The average molecular weight is 287 g/mol. The number of nitrogens with one attached hydrogen (secondary N) is 1. The van der Waals surface area contributed by atoms with Crippen molar-refractivity contribution in [2.75, 3.05) is 0 Å². The van der Waals surface area contributed by atoms with Crippen LogP contribution in [0.2, 0.25) is 0 Å². The summed E-state index contributed by atoms with van der Waals surface area (Å²) in [6.45, 7) is 0.00713. The van der Waals surface area contributed by atoms with Gasteiger partial charge in [0.05, 0.1) is 11.3 Å². The van der Waals surface area contributed by atoms with Gasteiger partial charge in [0.2, 0.25) is 15.9 Å². The van der Waals surface area contributed by atoms with Crippen molar-refractivity contribution in [3.63, 3.8) is 0 Å². The Labute approximate surface area is 111 Å². The van der Waals surface area contributed by atoms with Crippen molar-refractivity contribution in [2.24, 2.45) is 5.73 Å². The van der Waals surface area contributed by atoms with Gasteiger partial charge in [-0.3, -0.25) is 9.59 Å². The molecule has 0 spiro atoms. The molecule has 0 aliphatic heterocycles. The van der Waals surface area contributed by atoms with Crippen LogP contribution < -0.4 is 10.5 Å². The monoisotopic (exact) mass is 287 g/mol. The molecule has 1 aromatic carbocycles. The predicted octanol–water partition coefficient (Wildman–Crippen LogP) is -0.398. The van der Waals surface area contributed by atoms with Gasteiger partial charge in [0.25, 0.3) is 0 Å². The molecule has 1 rings (SSSR count). The van der Waals surface area contributed by atoms with Crippen molar-refractivity contribution >= 4 is 21.9 Å². The van der Waals surface area contributed by atoms with Gasteiger partial charge in [-0.2, -0.15) is 4.72 Å². The van der Waals surface area contributed by atoms with Gasteiger partial charge in [-0.1, -0.05) is 17.7 Å². The molecule has 7 nitrogen and oxygen atoms in total. The zero-order chi connectivity index (χ0) is 15.3. The molecule has 1 aromatic rings. The number of rotatable bonds is 6. The maximum absolute atomic E-state index is 12.0. The third-order valence-corrected chi connectivity index (χ3v) is 3.72. The summed E-state index contributed by atoms with van der Waals surface area (Å²) >= 11 is 0. The van der Waals surface area contributed by atoms with Gasteiger partial charge in [0.15, 0.2) is 0 Å². The molecule has 0 aliphatic rings. The van der Waals surface area contributed by atoms with E-state index in [2.05, 4.69) is 0 Å². The van der Waals surface area contributed by atoms with Crippen LogP contribution in [-0.2, 0) is 19.6 Å². The van der Waals surface area contributed by atoms with Crippen LogP contribution in [0.1, 0.15) is 13.4 Å². The number of amides is 1. The van der Waals surface area contributed by atoms with Crippen LogP contribution in [0.25, 0.3) is 0 Å². The highest BCUT2D eigenvalue weighted by Gasteiger charge is 2.26. The first kappa shape index (κ1) is 13.5. The number of sulfonamides is 1. The summed E-state index contributed by atoms with van der Waals surface area (Å²) in [5, 5.41) is 8.86. The number of primary amides is 1. The van der Waals surface area contributed by atoms with E-state index in [4.69, 9.17) is 12.2 Å². The standard InChI is InChI=1S/C11H14N2O5S/c1-7-2-4-8(5-3-7)19(17,18)13-9(11(15)16)6-10(12)14/h2-5,9,13H,6H2,1H3,(H2,12,14)(H,15,16)/t9-/m0/s1/i1D. The van der Waals surface area contributed by atoms with Crippen LogP contribution >= 0.6 is 0 Å². The molecule has 1 amide bonds. The first-order valence-electron chi connectivity index (χ1n) is 5.88. The maximum Gasteiger partial charge on any atom is 0.322 e. The summed E-state index contributed by atoms with van der Waals surface area (Å²) < 4.78 is 32.9. The third-order valence-electron chi connectivity index (χ3n) is 2.23. The largest absolute Gasteiger partial charge is 0.480 e. The number of hydrogen-bond acceptors (Lipinski definition) is 4. The van der Waals surface area contributed by atoms with Crippen molar-refractivity contribution in [3.8, 4) is 0 Å². The SMILES string of the molecule is [2H]Cc1ccc(S(=O)(=O)N[C@@H](CC(N)=O)C(=O)O)cc1. The molecule has 0 unspecified atom stereocenters. The van der Waals surface area contributed by atoms with Crippen LogP contribution in [0, 0.1) is 6.90 Å². The van der Waals surface area contributed by atoms with E-state index in [9.17, 15) is 18.0 Å². The highest BCUT2D eigenvalue weighted by molar-refractivity contribution is 7.89. The lowest BCUT2D eigenvalue weighted by molar-refractivity contribution is -0.140. The molecule has 104 valence electrons. The Balaban J connectivity index is 2.96. The predicted molar refractivity (Wildman–Crippen MR) is 66.7 cm³/mol. The Morgan fingerprint density at radius 3 is 2.42 bits per heavy atom. The summed E-state index contributed by atoms with van der Waals surface area (Å²) in [4.78, 5) is 21.5. The minimum Gasteiger partial charge on any atom is -0.480 e. The second kappa shape index (κ2) is 5.81. The second-order valence-corrected chi connectivity index (χ2v) is 5.54. The highest BCUT2D eigenvalue weighted by atomic mass is 32.2. The van der Waals surface area contributed by atoms with Crippen molar-refractivity contribution in [1.29, 1.82) is 0 Å². The normalized spacial score (nSPS) is 13.6. The first-order chi connectivity index (χ1) is 9.26. The van der Waals surface area contributed by atoms with E-state index in [1.807, 2.05) is 4.72 Å². The van der Waals surface area contributed by atoms with Gasteiger partial charge in [-0.05, 0) is 19.0 Å². The molecular formula is C11H14N2O5S. The number of carboxylic acid groups (broad SMARTS) is 1. The maximum atomic E-state index is 12.0. The molecule has 0 heterocycles. The molecule has 0 saturated heterocycles. The van der Waals surface area contributed by atoms with Gasteiger partial charge < -0.3 is 10.8 Å². The fraction of sp³-hybridized carbons (Fsp3) is 0.273. The lowest BCUT2D eigenvalue weighted by atomic mass is 10.2. The fourth-order valence-corrected chi connectivity index (χ4v) is 2.49. The average Bonchev–Trinajstić information content (AvgIpc) is 2.37. The van der Waals surface area contributed by atoms with Crippen molar-refractivity contribution in [2.45, 2.75) is 24.3 Å². The van der Waals surface area contributed by atoms with Gasteiger partial charge in [0, 0.05) is 1.37 Å². The smallest absolute Gasteiger partial charge is 0.322 e. The van der Waals surface area contributed by atoms with Gasteiger partial charge >= 0.3 is 5.97 Å². The van der Waals surface area contributed by atoms with E-state index >= 15 is 0 Å². The molecule has 0 saturated carbocycles. The first-order valence-corrected chi connectivity index (χ1v) is 6.66. The lowest BCUT2D eigenvalue weighted by Gasteiger charge is -2.13. The molecule has 0 aliphatic carbocycles. The minimum absolute atomic E-state index is 0.00713. The van der Waals surface area contributed by atoms with E-state index in [0.29, 0.717) is 5.56 Å². The second-order valence-electron chi connectivity index (χ2n) is 3.83. The number of carbonyl (C=O) groups is 2. The van der Waals surface area contributed by atoms with Crippen LogP contribution in [0.15, 0.2) is 29.2 Å². The van der Waals surface area contributed by atoms with E-state index < -0.39 is 34.4 Å². The van der Waals surface area contributed by atoms with Gasteiger partial charge in [-0.25, -0.2) is 8.42 Å². The summed E-state index contributed by atoms with van der Waals surface area (Å²) in [5.74, 6) is -2.42. The van der Waals surface area contributed by atoms with Crippen LogP contribution in [0.5, 0.6) is 0 Å². The number of benzene rings is 1. The number of nitrogens with two attached hydrogens (primary N) is 1. The molecule has 19 heavy (non-hydrogen) atoms.